The largest absolute Gasteiger partial charge is 0.505 e. The first kappa shape index (κ1) is 28.0. The van der Waals surface area contributed by atoms with E-state index in [2.05, 4.69) is 5.32 Å². The number of para-hydroxylation sites is 1. The fourth-order valence-corrected chi connectivity index (χ4v) is 6.29. The van der Waals surface area contributed by atoms with Crippen LogP contribution in [0.4, 0.5) is 5.69 Å². The minimum Gasteiger partial charge on any atom is -0.505 e. The molecule has 0 bridgehead atoms. The normalized spacial score (nSPS) is 14.5. The molecule has 1 heterocycles. The van der Waals surface area contributed by atoms with Crippen molar-refractivity contribution in [1.82, 2.24) is 5.32 Å². The predicted octanol–water partition coefficient (Wildman–Crippen LogP) is 4.27. The van der Waals surface area contributed by atoms with E-state index in [4.69, 9.17) is 9.47 Å². The van der Waals surface area contributed by atoms with Gasteiger partial charge in [-0.1, -0.05) is 39.8 Å². The molecule has 2 N–H and O–H groups in total. The number of thioether (sulfide) groups is 1. The molecule has 2 aromatic carbocycles. The third-order valence-corrected chi connectivity index (χ3v) is 8.50. The van der Waals surface area contributed by atoms with Gasteiger partial charge in [0.1, 0.15) is 5.75 Å². The number of nitrogens with zero attached hydrogens (tertiary/aromatic N) is 1. The fourth-order valence-electron chi connectivity index (χ4n) is 3.99. The monoisotopic (exact) mass is 536 g/mol. The zero-order chi connectivity index (χ0) is 26.5. The summed E-state index contributed by atoms with van der Waals surface area (Å²) in [4.78, 5) is 12.3. The number of sulfonamides is 1. The molecule has 10 heteroatoms. The number of carbonyl (C=O) groups is 1. The van der Waals surface area contributed by atoms with Crippen molar-refractivity contribution in [3.63, 3.8) is 0 Å². The highest BCUT2D eigenvalue weighted by Gasteiger charge is 2.30. The van der Waals surface area contributed by atoms with Gasteiger partial charge in [-0.2, -0.15) is 11.8 Å². The molecule has 3 rings (SSSR count). The summed E-state index contributed by atoms with van der Waals surface area (Å²) in [5.41, 5.74) is 0.852. The Kier molecular flexibility index (Phi) is 9.41. The summed E-state index contributed by atoms with van der Waals surface area (Å²) < 4.78 is 39.4. The quantitative estimate of drug-likeness (QED) is 0.417. The number of anilines is 1. The molecule has 1 unspecified atom stereocenters. The molecule has 0 aromatic heterocycles. The van der Waals surface area contributed by atoms with Crippen LogP contribution in [0.15, 0.2) is 41.3 Å². The van der Waals surface area contributed by atoms with Crippen LogP contribution in [0.25, 0.3) is 0 Å². The van der Waals surface area contributed by atoms with Gasteiger partial charge in [0.25, 0.3) is 10.0 Å². The van der Waals surface area contributed by atoms with Gasteiger partial charge in [-0.3, -0.25) is 9.10 Å². The minimum absolute atomic E-state index is 0.00657. The third kappa shape index (κ3) is 6.59. The SMILES string of the molecule is CSC[C@H](C)C(=O)NCC(C)Cc1cccc(N(CC(C)C)S(=O)(=O)c2ccc3c(c2)OCO3)c1O. The van der Waals surface area contributed by atoms with Crippen molar-refractivity contribution in [2.24, 2.45) is 17.8 Å². The number of carbonyl (C=O) groups excluding carboxylic acids is 1. The molecule has 2 atom stereocenters. The van der Waals surface area contributed by atoms with Crippen LogP contribution >= 0.6 is 11.8 Å². The average Bonchev–Trinajstić information content (AvgIpc) is 3.30. The second-order valence-electron chi connectivity index (χ2n) is 9.64. The van der Waals surface area contributed by atoms with Gasteiger partial charge in [0.05, 0.1) is 10.6 Å². The van der Waals surface area contributed by atoms with E-state index in [0.29, 0.717) is 30.0 Å². The van der Waals surface area contributed by atoms with Crippen LogP contribution in [0, 0.1) is 17.8 Å². The number of nitrogens with one attached hydrogen (secondary N) is 1. The van der Waals surface area contributed by atoms with Crippen molar-refractivity contribution >= 4 is 33.4 Å². The zero-order valence-electron chi connectivity index (χ0n) is 21.5. The molecule has 2 aromatic rings. The Labute approximate surface area is 218 Å². The highest BCUT2D eigenvalue weighted by atomic mass is 32.2. The molecular weight excluding hydrogens is 500 g/mol. The van der Waals surface area contributed by atoms with Gasteiger partial charge in [-0.15, -0.1) is 0 Å². The maximum Gasteiger partial charge on any atom is 0.264 e. The maximum atomic E-state index is 13.7. The van der Waals surface area contributed by atoms with Crippen LogP contribution in [0.3, 0.4) is 0 Å². The summed E-state index contributed by atoms with van der Waals surface area (Å²) >= 11 is 1.63. The van der Waals surface area contributed by atoms with E-state index in [1.54, 1.807) is 36.0 Å². The molecule has 0 saturated heterocycles. The number of rotatable bonds is 12. The summed E-state index contributed by atoms with van der Waals surface area (Å²) in [6, 6.07) is 9.67. The van der Waals surface area contributed by atoms with Crippen LogP contribution in [-0.2, 0) is 21.2 Å². The Morgan fingerprint density at radius 3 is 2.56 bits per heavy atom. The first-order valence-electron chi connectivity index (χ1n) is 12.0. The number of phenolic OH excluding ortho intramolecular Hbond substituents is 1. The molecule has 198 valence electrons. The van der Waals surface area contributed by atoms with Crippen molar-refractivity contribution in [2.45, 2.75) is 39.0 Å². The molecular formula is C26H36N2O6S2. The van der Waals surface area contributed by atoms with E-state index >= 15 is 0 Å². The van der Waals surface area contributed by atoms with Crippen molar-refractivity contribution in [3.05, 3.63) is 42.0 Å². The number of fused-ring (bicyclic) bond motifs is 1. The number of phenols is 1. The predicted molar refractivity (Wildman–Crippen MR) is 143 cm³/mol. The number of hydrogen-bond acceptors (Lipinski definition) is 7. The topological polar surface area (TPSA) is 105 Å². The molecule has 0 saturated carbocycles. The minimum atomic E-state index is -4.00. The lowest BCUT2D eigenvalue weighted by molar-refractivity contribution is -0.124. The average molecular weight is 537 g/mol. The number of benzene rings is 2. The molecule has 1 aliphatic rings. The second kappa shape index (κ2) is 12.1. The maximum absolute atomic E-state index is 13.7. The first-order valence-corrected chi connectivity index (χ1v) is 14.9. The van der Waals surface area contributed by atoms with Gasteiger partial charge in [0, 0.05) is 30.8 Å². The number of ether oxygens (including phenoxy) is 2. The molecule has 0 spiro atoms. The third-order valence-electron chi connectivity index (χ3n) is 5.89. The zero-order valence-corrected chi connectivity index (χ0v) is 23.1. The lowest BCUT2D eigenvalue weighted by Gasteiger charge is -2.28. The Morgan fingerprint density at radius 1 is 1.14 bits per heavy atom. The van der Waals surface area contributed by atoms with E-state index in [0.717, 1.165) is 5.75 Å². The Morgan fingerprint density at radius 2 is 1.86 bits per heavy atom. The molecule has 1 aliphatic heterocycles. The van der Waals surface area contributed by atoms with Gasteiger partial charge in [0.2, 0.25) is 12.7 Å². The molecule has 0 radical (unpaired) electrons. The summed E-state index contributed by atoms with van der Waals surface area (Å²) in [7, 11) is -4.00. The van der Waals surface area contributed by atoms with Gasteiger partial charge in [-0.25, -0.2) is 8.42 Å². The number of aromatic hydroxyl groups is 1. The Bertz CT molecular complexity index is 1170. The highest BCUT2D eigenvalue weighted by molar-refractivity contribution is 7.98. The molecule has 8 nitrogen and oxygen atoms in total. The van der Waals surface area contributed by atoms with E-state index in [1.165, 1.54) is 16.4 Å². The molecule has 36 heavy (non-hydrogen) atoms. The van der Waals surface area contributed by atoms with Crippen LogP contribution in [0.2, 0.25) is 0 Å². The van der Waals surface area contributed by atoms with E-state index in [9.17, 15) is 18.3 Å². The first-order chi connectivity index (χ1) is 17.0. The summed E-state index contributed by atoms with van der Waals surface area (Å²) in [5, 5.41) is 14.2. The Balaban J connectivity index is 1.84. The van der Waals surface area contributed by atoms with Gasteiger partial charge < -0.3 is 19.9 Å². The lowest BCUT2D eigenvalue weighted by Crippen LogP contribution is -2.35. The van der Waals surface area contributed by atoms with Crippen molar-refractivity contribution in [3.8, 4) is 17.2 Å². The molecule has 0 aliphatic carbocycles. The standard InChI is InChI=1S/C26H36N2O6S2/c1-17(2)14-28(36(31,32)21-9-10-23-24(12-21)34-16-33-23)22-8-6-7-20(25(22)29)11-18(3)13-27-26(30)19(4)15-35-5/h6-10,12,17-19,29H,11,13-16H2,1-5H3,(H,27,30)/t18?,19-/m0/s1. The van der Waals surface area contributed by atoms with Crippen molar-refractivity contribution in [1.29, 1.82) is 0 Å². The van der Waals surface area contributed by atoms with Crippen LogP contribution in [-0.4, -0.2) is 51.3 Å². The van der Waals surface area contributed by atoms with Crippen LogP contribution < -0.4 is 19.1 Å². The van der Waals surface area contributed by atoms with Gasteiger partial charge in [0.15, 0.2) is 11.5 Å². The number of hydrogen-bond donors (Lipinski definition) is 2. The van der Waals surface area contributed by atoms with E-state index < -0.39 is 10.0 Å². The van der Waals surface area contributed by atoms with Crippen molar-refractivity contribution in [2.75, 3.05) is 36.2 Å². The van der Waals surface area contributed by atoms with E-state index in [1.807, 2.05) is 34.0 Å². The highest BCUT2D eigenvalue weighted by Crippen LogP contribution is 2.39. The summed E-state index contributed by atoms with van der Waals surface area (Å²) in [5.74, 6) is 1.54. The van der Waals surface area contributed by atoms with Crippen molar-refractivity contribution < 1.29 is 27.8 Å². The summed E-state index contributed by atoms with van der Waals surface area (Å²) in [6.45, 7) is 8.43. The molecule has 1 amide bonds. The van der Waals surface area contributed by atoms with Crippen LogP contribution in [0.5, 0.6) is 17.2 Å². The fraction of sp³-hybridized carbons (Fsp3) is 0.500. The Hall–Kier alpha value is -2.59. The van der Waals surface area contributed by atoms with Crippen LogP contribution in [0.1, 0.15) is 33.3 Å². The van der Waals surface area contributed by atoms with Gasteiger partial charge in [-0.05, 0) is 48.3 Å². The van der Waals surface area contributed by atoms with Gasteiger partial charge >= 0.3 is 0 Å². The van der Waals surface area contributed by atoms with E-state index in [-0.39, 0.29) is 53.3 Å². The lowest BCUT2D eigenvalue weighted by atomic mass is 9.99. The number of amides is 1. The molecule has 0 fully saturated rings. The smallest absolute Gasteiger partial charge is 0.264 e. The second-order valence-corrected chi connectivity index (χ2v) is 12.4. The summed E-state index contributed by atoms with van der Waals surface area (Å²) in [6.07, 6.45) is 2.45.